The molecule has 21 heavy (non-hydrogen) atoms. The molecule has 0 amide bonds. The lowest BCUT2D eigenvalue weighted by molar-refractivity contribution is -0.385. The van der Waals surface area contributed by atoms with Crippen molar-refractivity contribution in [3.63, 3.8) is 0 Å². The zero-order valence-corrected chi connectivity index (χ0v) is 12.9. The van der Waals surface area contributed by atoms with Crippen LogP contribution >= 0.6 is 27.5 Å². The van der Waals surface area contributed by atoms with Gasteiger partial charge in [0, 0.05) is 16.7 Å². The molecule has 0 atom stereocenters. The van der Waals surface area contributed by atoms with Gasteiger partial charge in [-0.15, -0.1) is 0 Å². The van der Waals surface area contributed by atoms with E-state index in [9.17, 15) is 14.9 Å². The molecule has 0 saturated heterocycles. The molecule has 0 N–H and O–H groups in total. The largest absolute Gasteiger partial charge is 0.488 e. The van der Waals surface area contributed by atoms with E-state index in [0.717, 1.165) is 0 Å². The molecule has 0 radical (unpaired) electrons. The number of nitrogens with zero attached hydrogens (tertiary/aromatic N) is 1. The molecule has 2 aromatic rings. The number of hydrogen-bond acceptors (Lipinski definition) is 4. The van der Waals surface area contributed by atoms with Crippen molar-refractivity contribution in [3.8, 4) is 5.75 Å². The summed E-state index contributed by atoms with van der Waals surface area (Å²) in [5.41, 5.74) is 0.892. The molecule has 108 valence electrons. The van der Waals surface area contributed by atoms with Crippen molar-refractivity contribution in [2.24, 2.45) is 0 Å². The summed E-state index contributed by atoms with van der Waals surface area (Å²) in [7, 11) is 0. The summed E-state index contributed by atoms with van der Waals surface area (Å²) in [4.78, 5) is 21.3. The van der Waals surface area contributed by atoms with Gasteiger partial charge >= 0.3 is 0 Å². The van der Waals surface area contributed by atoms with Crippen LogP contribution in [0.25, 0.3) is 0 Å². The van der Waals surface area contributed by atoms with Crippen molar-refractivity contribution in [2.45, 2.75) is 6.61 Å². The van der Waals surface area contributed by atoms with Gasteiger partial charge < -0.3 is 4.74 Å². The van der Waals surface area contributed by atoms with E-state index >= 15 is 0 Å². The molecule has 0 aliphatic carbocycles. The van der Waals surface area contributed by atoms with Gasteiger partial charge in [-0.25, -0.2) is 0 Å². The molecule has 7 heteroatoms. The molecule has 0 fully saturated rings. The number of aldehydes is 1. The van der Waals surface area contributed by atoms with Crippen LogP contribution in [0.2, 0.25) is 5.02 Å². The second-order valence-electron chi connectivity index (χ2n) is 4.10. The molecular weight excluding hydrogens is 362 g/mol. The highest BCUT2D eigenvalue weighted by Crippen LogP contribution is 2.30. The average Bonchev–Trinajstić information content (AvgIpc) is 2.46. The second-order valence-corrected chi connectivity index (χ2v) is 5.33. The van der Waals surface area contributed by atoms with E-state index in [2.05, 4.69) is 15.9 Å². The Kier molecular flexibility index (Phi) is 4.93. The van der Waals surface area contributed by atoms with Crippen LogP contribution in [0.3, 0.4) is 0 Å². The SMILES string of the molecule is O=Cc1cc(Cl)ccc1OCc1cccc([N+](=O)[O-])c1Br. The summed E-state index contributed by atoms with van der Waals surface area (Å²) in [6.07, 6.45) is 0.643. The summed E-state index contributed by atoms with van der Waals surface area (Å²) in [6.45, 7) is 0.0880. The third kappa shape index (κ3) is 3.59. The van der Waals surface area contributed by atoms with Gasteiger partial charge in [-0.2, -0.15) is 0 Å². The lowest BCUT2D eigenvalue weighted by Gasteiger charge is -2.10. The minimum absolute atomic E-state index is 0.0391. The van der Waals surface area contributed by atoms with Crippen LogP contribution in [0.15, 0.2) is 40.9 Å². The number of nitro groups is 1. The number of hydrogen-bond donors (Lipinski definition) is 0. The van der Waals surface area contributed by atoms with E-state index in [1.165, 1.54) is 12.1 Å². The highest BCUT2D eigenvalue weighted by molar-refractivity contribution is 9.10. The van der Waals surface area contributed by atoms with Crippen molar-refractivity contribution in [2.75, 3.05) is 0 Å². The zero-order valence-electron chi connectivity index (χ0n) is 10.6. The molecule has 0 aliphatic rings. The predicted molar refractivity (Wildman–Crippen MR) is 82.0 cm³/mol. The van der Waals surface area contributed by atoms with Crippen molar-refractivity contribution >= 4 is 39.5 Å². The second kappa shape index (κ2) is 6.69. The fraction of sp³-hybridized carbons (Fsp3) is 0.0714. The molecule has 0 heterocycles. The molecule has 0 aromatic heterocycles. The summed E-state index contributed by atoms with van der Waals surface area (Å²) >= 11 is 8.99. The fourth-order valence-electron chi connectivity index (χ4n) is 1.72. The molecule has 0 saturated carbocycles. The summed E-state index contributed by atoms with van der Waals surface area (Å²) in [5.74, 6) is 0.368. The van der Waals surface area contributed by atoms with Gasteiger partial charge in [0.15, 0.2) is 6.29 Å². The summed E-state index contributed by atoms with van der Waals surface area (Å²) in [5, 5.41) is 11.3. The Morgan fingerprint density at radius 2 is 2.10 bits per heavy atom. The standard InChI is InChI=1S/C14H9BrClNO4/c15-14-9(2-1-3-12(14)17(19)20)8-21-13-5-4-11(16)6-10(13)7-18/h1-7H,8H2. The number of nitro benzene ring substituents is 1. The van der Waals surface area contributed by atoms with Crippen LogP contribution in [0, 0.1) is 10.1 Å². The number of ether oxygens (including phenoxy) is 1. The van der Waals surface area contributed by atoms with Gasteiger partial charge in [-0.3, -0.25) is 14.9 Å². The van der Waals surface area contributed by atoms with Gasteiger partial charge in [-0.05, 0) is 34.1 Å². The van der Waals surface area contributed by atoms with Crippen LogP contribution in [-0.2, 0) is 6.61 Å². The Morgan fingerprint density at radius 1 is 1.33 bits per heavy atom. The predicted octanol–water partition coefficient (Wildman–Crippen LogP) is 4.40. The van der Waals surface area contributed by atoms with E-state index in [4.69, 9.17) is 16.3 Å². The maximum Gasteiger partial charge on any atom is 0.283 e. The lowest BCUT2D eigenvalue weighted by atomic mass is 10.2. The van der Waals surface area contributed by atoms with Crippen LogP contribution in [0.4, 0.5) is 5.69 Å². The zero-order chi connectivity index (χ0) is 15.4. The first-order valence-electron chi connectivity index (χ1n) is 5.82. The van der Waals surface area contributed by atoms with Crippen LogP contribution in [-0.4, -0.2) is 11.2 Å². The van der Waals surface area contributed by atoms with Crippen LogP contribution in [0.1, 0.15) is 15.9 Å². The van der Waals surface area contributed by atoms with Gasteiger partial charge in [0.1, 0.15) is 16.8 Å². The molecule has 2 aromatic carbocycles. The first kappa shape index (κ1) is 15.5. The van der Waals surface area contributed by atoms with Crippen molar-refractivity contribution in [1.82, 2.24) is 0 Å². The Balaban J connectivity index is 2.23. The number of rotatable bonds is 5. The minimum Gasteiger partial charge on any atom is -0.488 e. The third-order valence-corrected chi connectivity index (χ3v) is 3.89. The molecule has 0 bridgehead atoms. The topological polar surface area (TPSA) is 69.4 Å². The average molecular weight is 371 g/mol. The Morgan fingerprint density at radius 3 is 2.76 bits per heavy atom. The van der Waals surface area contributed by atoms with E-state index < -0.39 is 4.92 Å². The van der Waals surface area contributed by atoms with Crippen molar-refractivity contribution in [3.05, 3.63) is 67.1 Å². The van der Waals surface area contributed by atoms with E-state index in [0.29, 0.717) is 32.7 Å². The normalized spacial score (nSPS) is 10.2. The summed E-state index contributed by atoms with van der Waals surface area (Å²) in [6, 6.07) is 9.35. The molecule has 5 nitrogen and oxygen atoms in total. The van der Waals surface area contributed by atoms with Gasteiger partial charge in [0.05, 0.1) is 10.5 Å². The number of benzene rings is 2. The third-order valence-electron chi connectivity index (χ3n) is 2.74. The van der Waals surface area contributed by atoms with Crippen LogP contribution in [0.5, 0.6) is 5.75 Å². The van der Waals surface area contributed by atoms with Gasteiger partial charge in [0.25, 0.3) is 5.69 Å². The number of carbonyl (C=O) groups is 1. The van der Waals surface area contributed by atoms with E-state index in [1.54, 1.807) is 24.3 Å². The smallest absolute Gasteiger partial charge is 0.283 e. The first-order chi connectivity index (χ1) is 10.0. The number of carbonyl (C=O) groups excluding carboxylic acids is 1. The Bertz CT molecular complexity index is 705. The minimum atomic E-state index is -0.479. The van der Waals surface area contributed by atoms with Crippen molar-refractivity contribution < 1.29 is 14.5 Å². The Labute approximate surface area is 133 Å². The Hall–Kier alpha value is -1.92. The molecule has 0 aliphatic heterocycles. The highest BCUT2D eigenvalue weighted by Gasteiger charge is 2.15. The number of halogens is 2. The lowest BCUT2D eigenvalue weighted by Crippen LogP contribution is -2.00. The van der Waals surface area contributed by atoms with Gasteiger partial charge in [-0.1, -0.05) is 23.7 Å². The maximum absolute atomic E-state index is 11.0. The van der Waals surface area contributed by atoms with Crippen LogP contribution < -0.4 is 4.74 Å². The maximum atomic E-state index is 11.0. The van der Waals surface area contributed by atoms with E-state index in [1.807, 2.05) is 0 Å². The summed E-state index contributed by atoms with van der Waals surface area (Å²) < 4.78 is 5.90. The fourth-order valence-corrected chi connectivity index (χ4v) is 2.42. The van der Waals surface area contributed by atoms with E-state index in [-0.39, 0.29) is 12.3 Å². The first-order valence-corrected chi connectivity index (χ1v) is 6.99. The quantitative estimate of drug-likeness (QED) is 0.444. The molecule has 2 rings (SSSR count). The monoisotopic (exact) mass is 369 g/mol. The molecule has 0 spiro atoms. The highest BCUT2D eigenvalue weighted by atomic mass is 79.9. The molecular formula is C14H9BrClNO4. The van der Waals surface area contributed by atoms with Crippen molar-refractivity contribution in [1.29, 1.82) is 0 Å². The molecule has 0 unspecified atom stereocenters. The van der Waals surface area contributed by atoms with Gasteiger partial charge in [0.2, 0.25) is 0 Å².